The number of hydrogen-bond acceptors (Lipinski definition) is 3. The first kappa shape index (κ1) is 15.1. The molecule has 0 saturated carbocycles. The van der Waals surface area contributed by atoms with Crippen molar-refractivity contribution in [2.75, 3.05) is 14.2 Å². The number of hydrogen-bond donors (Lipinski definition) is 0. The Morgan fingerprint density at radius 1 is 1.35 bits per heavy atom. The lowest BCUT2D eigenvalue weighted by molar-refractivity contribution is 0.308. The minimum Gasteiger partial charge on any atom is -0.497 e. The Morgan fingerprint density at radius 2 is 2.10 bits per heavy atom. The van der Waals surface area contributed by atoms with Gasteiger partial charge in [0.25, 0.3) is 0 Å². The second-order valence-corrected chi connectivity index (χ2v) is 5.79. The molecular weight excluding hydrogens is 318 g/mol. The number of benzene rings is 1. The summed E-state index contributed by atoms with van der Waals surface area (Å²) in [5.41, 5.74) is 3.45. The fourth-order valence-corrected chi connectivity index (χ4v) is 2.71. The van der Waals surface area contributed by atoms with Crippen molar-refractivity contribution >= 4 is 15.9 Å². The zero-order chi connectivity index (χ0) is 14.7. The van der Waals surface area contributed by atoms with Crippen molar-refractivity contribution in [3.05, 3.63) is 45.7 Å². The first-order chi connectivity index (χ1) is 9.51. The molecule has 1 heterocycles. The Bertz CT molecular complexity index is 595. The zero-order valence-electron chi connectivity index (χ0n) is 12.4. The minimum atomic E-state index is 0.842. The van der Waals surface area contributed by atoms with E-state index in [0.29, 0.717) is 0 Å². The maximum Gasteiger partial charge on any atom is 0.119 e. The van der Waals surface area contributed by atoms with Gasteiger partial charge < -0.3 is 4.74 Å². The molecule has 0 N–H and O–H groups in total. The number of nitrogens with zero attached hydrogens (tertiary/aromatic N) is 3. The molecule has 1 aromatic carbocycles. The number of aryl methyl sites for hydroxylation is 2. The molecule has 0 aliphatic heterocycles. The first-order valence-electron chi connectivity index (χ1n) is 6.50. The Hall–Kier alpha value is -1.33. The largest absolute Gasteiger partial charge is 0.497 e. The van der Waals surface area contributed by atoms with Crippen LogP contribution < -0.4 is 4.74 Å². The average molecular weight is 338 g/mol. The van der Waals surface area contributed by atoms with Crippen LogP contribution in [0.3, 0.4) is 0 Å². The molecule has 5 heteroatoms. The SMILES string of the molecule is COc1cccc(CN(C)Cc2c(Br)c(C)nn2C)c1. The van der Waals surface area contributed by atoms with Gasteiger partial charge in [-0.2, -0.15) is 5.10 Å². The highest BCUT2D eigenvalue weighted by Crippen LogP contribution is 2.22. The van der Waals surface area contributed by atoms with E-state index < -0.39 is 0 Å². The molecule has 0 unspecified atom stereocenters. The lowest BCUT2D eigenvalue weighted by Gasteiger charge is -2.17. The normalized spacial score (nSPS) is 11.1. The van der Waals surface area contributed by atoms with Gasteiger partial charge in [-0.05, 0) is 47.6 Å². The minimum absolute atomic E-state index is 0.842. The first-order valence-corrected chi connectivity index (χ1v) is 7.30. The van der Waals surface area contributed by atoms with Gasteiger partial charge >= 0.3 is 0 Å². The summed E-state index contributed by atoms with van der Waals surface area (Å²) in [6, 6.07) is 8.17. The van der Waals surface area contributed by atoms with E-state index in [1.54, 1.807) is 7.11 Å². The van der Waals surface area contributed by atoms with Crippen LogP contribution >= 0.6 is 15.9 Å². The molecule has 0 saturated heterocycles. The third-order valence-corrected chi connectivity index (χ3v) is 4.30. The summed E-state index contributed by atoms with van der Waals surface area (Å²) in [5, 5.41) is 4.42. The van der Waals surface area contributed by atoms with Gasteiger partial charge in [0.2, 0.25) is 0 Å². The summed E-state index contributed by atoms with van der Waals surface area (Å²) in [7, 11) is 5.78. The van der Waals surface area contributed by atoms with Crippen molar-refractivity contribution in [1.82, 2.24) is 14.7 Å². The molecule has 2 rings (SSSR count). The van der Waals surface area contributed by atoms with Crippen LogP contribution in [-0.4, -0.2) is 28.8 Å². The van der Waals surface area contributed by atoms with E-state index in [1.165, 1.54) is 11.3 Å². The van der Waals surface area contributed by atoms with Crippen molar-refractivity contribution in [2.24, 2.45) is 7.05 Å². The van der Waals surface area contributed by atoms with Crippen LogP contribution in [0.1, 0.15) is 17.0 Å². The van der Waals surface area contributed by atoms with E-state index in [1.807, 2.05) is 30.8 Å². The van der Waals surface area contributed by atoms with Gasteiger partial charge in [0, 0.05) is 20.1 Å². The number of aromatic nitrogens is 2. The lowest BCUT2D eigenvalue weighted by atomic mass is 10.2. The van der Waals surface area contributed by atoms with Crippen molar-refractivity contribution in [2.45, 2.75) is 20.0 Å². The molecule has 0 amide bonds. The Labute approximate surface area is 128 Å². The van der Waals surface area contributed by atoms with Gasteiger partial charge in [-0.25, -0.2) is 0 Å². The second-order valence-electron chi connectivity index (χ2n) is 4.99. The second kappa shape index (κ2) is 6.41. The van der Waals surface area contributed by atoms with E-state index in [2.05, 4.69) is 45.1 Å². The summed E-state index contributed by atoms with van der Waals surface area (Å²) >= 11 is 3.61. The average Bonchev–Trinajstić information content (AvgIpc) is 2.65. The zero-order valence-corrected chi connectivity index (χ0v) is 13.9. The fourth-order valence-electron chi connectivity index (χ4n) is 2.25. The Balaban J connectivity index is 2.06. The molecule has 1 aromatic heterocycles. The molecular formula is C15H20BrN3O. The van der Waals surface area contributed by atoms with Gasteiger partial charge in [-0.1, -0.05) is 12.1 Å². The molecule has 0 bridgehead atoms. The highest BCUT2D eigenvalue weighted by molar-refractivity contribution is 9.10. The predicted octanol–water partition coefficient (Wildman–Crippen LogP) is 3.13. The molecule has 0 fully saturated rings. The number of ether oxygens (including phenoxy) is 1. The lowest BCUT2D eigenvalue weighted by Crippen LogP contribution is -2.19. The number of methoxy groups -OCH3 is 1. The third-order valence-electron chi connectivity index (χ3n) is 3.27. The summed E-state index contributed by atoms with van der Waals surface area (Å²) in [6.07, 6.45) is 0. The van der Waals surface area contributed by atoms with Crippen LogP contribution in [0.5, 0.6) is 5.75 Å². The van der Waals surface area contributed by atoms with E-state index in [9.17, 15) is 0 Å². The van der Waals surface area contributed by atoms with Crippen molar-refractivity contribution in [3.8, 4) is 5.75 Å². The topological polar surface area (TPSA) is 30.3 Å². The van der Waals surface area contributed by atoms with Crippen LogP contribution in [0.4, 0.5) is 0 Å². The van der Waals surface area contributed by atoms with Crippen LogP contribution in [0.2, 0.25) is 0 Å². The van der Waals surface area contributed by atoms with E-state index in [4.69, 9.17) is 4.74 Å². The summed E-state index contributed by atoms with van der Waals surface area (Å²) in [5.74, 6) is 0.897. The molecule has 2 aromatic rings. The molecule has 108 valence electrons. The van der Waals surface area contributed by atoms with E-state index >= 15 is 0 Å². The molecule has 0 aliphatic rings. The van der Waals surface area contributed by atoms with E-state index in [0.717, 1.165) is 29.0 Å². The Kier molecular flexibility index (Phi) is 4.83. The third kappa shape index (κ3) is 3.41. The molecule has 4 nitrogen and oxygen atoms in total. The monoisotopic (exact) mass is 337 g/mol. The summed E-state index contributed by atoms with van der Waals surface area (Å²) < 4.78 is 8.28. The van der Waals surface area contributed by atoms with Crippen molar-refractivity contribution in [3.63, 3.8) is 0 Å². The van der Waals surface area contributed by atoms with Gasteiger partial charge in [0.1, 0.15) is 5.75 Å². The molecule has 0 spiro atoms. The van der Waals surface area contributed by atoms with Gasteiger partial charge in [-0.3, -0.25) is 9.58 Å². The quantitative estimate of drug-likeness (QED) is 0.839. The van der Waals surface area contributed by atoms with Crippen molar-refractivity contribution in [1.29, 1.82) is 0 Å². The van der Waals surface area contributed by atoms with Crippen molar-refractivity contribution < 1.29 is 4.74 Å². The molecule has 0 aliphatic carbocycles. The predicted molar refractivity (Wildman–Crippen MR) is 83.8 cm³/mol. The molecule has 0 atom stereocenters. The standard InChI is InChI=1S/C15H20BrN3O/c1-11-15(16)14(19(3)17-11)10-18(2)9-12-6-5-7-13(8-12)20-4/h5-8H,9-10H2,1-4H3. The highest BCUT2D eigenvalue weighted by atomic mass is 79.9. The summed E-state index contributed by atoms with van der Waals surface area (Å²) in [6.45, 7) is 3.72. The Morgan fingerprint density at radius 3 is 2.70 bits per heavy atom. The van der Waals surface area contributed by atoms with Crippen LogP contribution in [-0.2, 0) is 20.1 Å². The highest BCUT2D eigenvalue weighted by Gasteiger charge is 2.12. The number of halogens is 1. The van der Waals surface area contributed by atoms with Crippen LogP contribution in [0.25, 0.3) is 0 Å². The maximum atomic E-state index is 5.26. The van der Waals surface area contributed by atoms with Gasteiger partial charge in [0.15, 0.2) is 0 Å². The van der Waals surface area contributed by atoms with Crippen LogP contribution in [0, 0.1) is 6.92 Å². The molecule has 0 radical (unpaired) electrons. The number of rotatable bonds is 5. The smallest absolute Gasteiger partial charge is 0.119 e. The van der Waals surface area contributed by atoms with Gasteiger partial charge in [0.05, 0.1) is 23.0 Å². The fraction of sp³-hybridized carbons (Fsp3) is 0.400. The molecule has 20 heavy (non-hydrogen) atoms. The van der Waals surface area contributed by atoms with Gasteiger partial charge in [-0.15, -0.1) is 0 Å². The van der Waals surface area contributed by atoms with Crippen LogP contribution in [0.15, 0.2) is 28.7 Å². The maximum absolute atomic E-state index is 5.26. The summed E-state index contributed by atoms with van der Waals surface area (Å²) in [4.78, 5) is 2.26. The van der Waals surface area contributed by atoms with E-state index in [-0.39, 0.29) is 0 Å².